The zero-order valence-electron chi connectivity index (χ0n) is 12.2. The minimum Gasteiger partial charge on any atom is -0.489 e. The van der Waals surface area contributed by atoms with E-state index < -0.39 is 12.0 Å². The summed E-state index contributed by atoms with van der Waals surface area (Å²) in [5.74, 6) is 0.550. The average molecular weight is 296 g/mol. The molecule has 0 bridgehead atoms. The highest BCUT2D eigenvalue weighted by Crippen LogP contribution is 2.22. The third-order valence-corrected chi connectivity index (χ3v) is 3.05. The van der Waals surface area contributed by atoms with Crippen molar-refractivity contribution >= 4 is 5.91 Å². The van der Waals surface area contributed by atoms with Crippen molar-refractivity contribution in [3.05, 3.63) is 59.7 Å². The molecule has 5 heteroatoms. The number of nitriles is 1. The highest BCUT2D eigenvalue weighted by atomic mass is 16.5. The number of benzene rings is 2. The lowest BCUT2D eigenvalue weighted by molar-refractivity contribution is -0.123. The number of hydrogen-bond acceptors (Lipinski definition) is 4. The van der Waals surface area contributed by atoms with Crippen LogP contribution < -0.4 is 15.2 Å². The molecule has 0 saturated carbocycles. The van der Waals surface area contributed by atoms with Gasteiger partial charge in [0.1, 0.15) is 18.1 Å². The van der Waals surface area contributed by atoms with E-state index in [2.05, 4.69) is 6.07 Å². The van der Waals surface area contributed by atoms with Gasteiger partial charge in [0.2, 0.25) is 0 Å². The Morgan fingerprint density at radius 1 is 1.23 bits per heavy atom. The Balaban J connectivity index is 2.05. The Kier molecular flexibility index (Phi) is 4.99. The van der Waals surface area contributed by atoms with Crippen LogP contribution in [0.25, 0.3) is 0 Å². The highest BCUT2D eigenvalue weighted by molar-refractivity contribution is 5.78. The first-order valence-corrected chi connectivity index (χ1v) is 6.77. The summed E-state index contributed by atoms with van der Waals surface area (Å²) in [6.07, 6.45) is -0.713. The van der Waals surface area contributed by atoms with Crippen LogP contribution in [0.15, 0.2) is 48.5 Å². The first kappa shape index (κ1) is 15.4. The SMILES string of the molecule is C[C@H](Oc1cccc(OCc2ccccc2C#N)c1)C(N)=O. The smallest absolute Gasteiger partial charge is 0.258 e. The van der Waals surface area contributed by atoms with Gasteiger partial charge >= 0.3 is 0 Å². The van der Waals surface area contributed by atoms with E-state index in [0.29, 0.717) is 17.1 Å². The Hall–Kier alpha value is -3.00. The Morgan fingerprint density at radius 3 is 2.68 bits per heavy atom. The molecule has 2 aromatic rings. The molecule has 0 aliphatic carbocycles. The van der Waals surface area contributed by atoms with Gasteiger partial charge in [0.15, 0.2) is 6.10 Å². The Morgan fingerprint density at radius 2 is 1.95 bits per heavy atom. The van der Waals surface area contributed by atoms with Gasteiger partial charge < -0.3 is 15.2 Å². The predicted molar refractivity (Wildman–Crippen MR) is 81.2 cm³/mol. The molecule has 0 aromatic heterocycles. The number of carbonyl (C=O) groups is 1. The highest BCUT2D eigenvalue weighted by Gasteiger charge is 2.10. The largest absolute Gasteiger partial charge is 0.489 e. The summed E-state index contributed by atoms with van der Waals surface area (Å²) in [4.78, 5) is 11.0. The minimum absolute atomic E-state index is 0.276. The van der Waals surface area contributed by atoms with E-state index in [-0.39, 0.29) is 6.61 Å². The van der Waals surface area contributed by atoms with Crippen molar-refractivity contribution in [3.63, 3.8) is 0 Å². The maximum Gasteiger partial charge on any atom is 0.258 e. The van der Waals surface area contributed by atoms with Crippen molar-refractivity contribution in [2.75, 3.05) is 0 Å². The molecule has 0 aliphatic rings. The molecule has 0 radical (unpaired) electrons. The number of carbonyl (C=O) groups excluding carboxylic acids is 1. The van der Waals surface area contributed by atoms with Gasteiger partial charge in [-0.15, -0.1) is 0 Å². The maximum atomic E-state index is 11.0. The Labute approximate surface area is 128 Å². The van der Waals surface area contributed by atoms with Crippen LogP contribution >= 0.6 is 0 Å². The number of rotatable bonds is 6. The van der Waals surface area contributed by atoms with Crippen molar-refractivity contribution < 1.29 is 14.3 Å². The number of primary amides is 1. The zero-order chi connectivity index (χ0) is 15.9. The van der Waals surface area contributed by atoms with Crippen LogP contribution in [-0.4, -0.2) is 12.0 Å². The van der Waals surface area contributed by atoms with Gasteiger partial charge in [-0.1, -0.05) is 24.3 Å². The molecule has 5 nitrogen and oxygen atoms in total. The van der Waals surface area contributed by atoms with Gasteiger partial charge in [0, 0.05) is 11.6 Å². The van der Waals surface area contributed by atoms with Gasteiger partial charge in [0.25, 0.3) is 5.91 Å². The second kappa shape index (κ2) is 7.14. The molecule has 0 saturated heterocycles. The van der Waals surface area contributed by atoms with Crippen molar-refractivity contribution in [2.45, 2.75) is 19.6 Å². The summed E-state index contributed by atoms with van der Waals surface area (Å²) < 4.78 is 11.1. The molecule has 2 aromatic carbocycles. The lowest BCUT2D eigenvalue weighted by atomic mass is 10.1. The molecular formula is C17H16N2O3. The summed E-state index contributed by atoms with van der Waals surface area (Å²) in [5.41, 5.74) is 6.55. The van der Waals surface area contributed by atoms with E-state index in [0.717, 1.165) is 5.56 Å². The second-order valence-electron chi connectivity index (χ2n) is 4.69. The van der Waals surface area contributed by atoms with E-state index in [4.69, 9.17) is 20.5 Å². The number of hydrogen-bond donors (Lipinski definition) is 1. The number of nitrogens with two attached hydrogens (primary N) is 1. The molecule has 1 atom stereocenters. The Bertz CT molecular complexity index is 707. The molecule has 0 fully saturated rings. The molecule has 112 valence electrons. The number of amides is 1. The van der Waals surface area contributed by atoms with Gasteiger partial charge in [0.05, 0.1) is 11.6 Å². The molecule has 2 rings (SSSR count). The van der Waals surface area contributed by atoms with E-state index in [1.165, 1.54) is 0 Å². The van der Waals surface area contributed by atoms with Crippen LogP contribution in [-0.2, 0) is 11.4 Å². The van der Waals surface area contributed by atoms with Crippen molar-refractivity contribution in [2.24, 2.45) is 5.73 Å². The first-order valence-electron chi connectivity index (χ1n) is 6.77. The fraction of sp³-hybridized carbons (Fsp3) is 0.176. The molecular weight excluding hydrogens is 280 g/mol. The lowest BCUT2D eigenvalue weighted by Crippen LogP contribution is -2.30. The van der Waals surface area contributed by atoms with E-state index in [9.17, 15) is 4.79 Å². The second-order valence-corrected chi connectivity index (χ2v) is 4.69. The van der Waals surface area contributed by atoms with Crippen LogP contribution in [0.1, 0.15) is 18.1 Å². The number of ether oxygens (including phenoxy) is 2. The summed E-state index contributed by atoms with van der Waals surface area (Å²) in [5, 5.41) is 9.04. The molecule has 2 N–H and O–H groups in total. The molecule has 22 heavy (non-hydrogen) atoms. The van der Waals surface area contributed by atoms with E-state index in [1.54, 1.807) is 37.3 Å². The summed E-state index contributed by atoms with van der Waals surface area (Å²) in [7, 11) is 0. The van der Waals surface area contributed by atoms with Gasteiger partial charge in [-0.25, -0.2) is 0 Å². The third kappa shape index (κ3) is 4.00. The van der Waals surface area contributed by atoms with Crippen LogP contribution in [0.2, 0.25) is 0 Å². The standard InChI is InChI=1S/C17H16N2O3/c1-12(17(19)20)22-16-8-4-7-15(9-16)21-11-14-6-3-2-5-13(14)10-18/h2-9,12H,11H2,1H3,(H2,19,20)/t12-/m0/s1. The van der Waals surface area contributed by atoms with Gasteiger partial charge in [-0.2, -0.15) is 5.26 Å². The van der Waals surface area contributed by atoms with Gasteiger partial charge in [-0.3, -0.25) is 4.79 Å². The predicted octanol–water partition coefficient (Wildman–Crippen LogP) is 2.39. The van der Waals surface area contributed by atoms with E-state index >= 15 is 0 Å². The fourth-order valence-corrected chi connectivity index (χ4v) is 1.82. The van der Waals surface area contributed by atoms with Crippen molar-refractivity contribution in [1.29, 1.82) is 5.26 Å². The molecule has 0 spiro atoms. The van der Waals surface area contributed by atoms with Crippen LogP contribution in [0.4, 0.5) is 0 Å². The van der Waals surface area contributed by atoms with E-state index in [1.807, 2.05) is 18.2 Å². The topological polar surface area (TPSA) is 85.3 Å². The van der Waals surface area contributed by atoms with Crippen LogP contribution in [0.3, 0.4) is 0 Å². The molecule has 0 heterocycles. The average Bonchev–Trinajstić information content (AvgIpc) is 2.53. The summed E-state index contributed by atoms with van der Waals surface area (Å²) >= 11 is 0. The zero-order valence-corrected chi connectivity index (χ0v) is 12.2. The fourth-order valence-electron chi connectivity index (χ4n) is 1.82. The molecule has 1 amide bonds. The van der Waals surface area contributed by atoms with Crippen LogP contribution in [0.5, 0.6) is 11.5 Å². The van der Waals surface area contributed by atoms with Crippen LogP contribution in [0, 0.1) is 11.3 Å². The summed E-state index contributed by atoms with van der Waals surface area (Å²) in [6, 6.07) is 16.3. The van der Waals surface area contributed by atoms with Crippen molar-refractivity contribution in [3.8, 4) is 17.6 Å². The normalized spacial score (nSPS) is 11.3. The molecule has 0 unspecified atom stereocenters. The minimum atomic E-state index is -0.713. The first-order chi connectivity index (χ1) is 10.6. The van der Waals surface area contributed by atoms with Crippen molar-refractivity contribution in [1.82, 2.24) is 0 Å². The third-order valence-electron chi connectivity index (χ3n) is 3.05. The van der Waals surface area contributed by atoms with Gasteiger partial charge in [-0.05, 0) is 25.1 Å². The maximum absolute atomic E-state index is 11.0. The number of nitrogens with zero attached hydrogens (tertiary/aromatic N) is 1. The quantitative estimate of drug-likeness (QED) is 0.886. The summed E-state index contributed by atoms with van der Waals surface area (Å²) in [6.45, 7) is 1.86. The molecule has 0 aliphatic heterocycles. The lowest BCUT2D eigenvalue weighted by Gasteiger charge is -2.13. The monoisotopic (exact) mass is 296 g/mol.